The lowest BCUT2D eigenvalue weighted by molar-refractivity contribution is 0.482. The maximum absolute atomic E-state index is 6.32. The van der Waals surface area contributed by atoms with Crippen LogP contribution >= 0.6 is 34.8 Å². The standard InChI is InChI=1S/C15H17Cl3N2/c1-20-9-8-19-14(20)6-7-15(10-16,11-17)12-4-2-3-5-13(12)18/h2-5,8-9H,6-7,10-11H2,1H3. The van der Waals surface area contributed by atoms with E-state index in [4.69, 9.17) is 34.8 Å². The minimum Gasteiger partial charge on any atom is -0.338 e. The number of aromatic nitrogens is 2. The highest BCUT2D eigenvalue weighted by molar-refractivity contribution is 6.32. The zero-order valence-corrected chi connectivity index (χ0v) is 13.6. The average molecular weight is 332 g/mol. The Kier molecular flexibility index (Phi) is 5.36. The van der Waals surface area contributed by atoms with Gasteiger partial charge in [0.2, 0.25) is 0 Å². The highest BCUT2D eigenvalue weighted by atomic mass is 35.5. The van der Waals surface area contributed by atoms with Crippen molar-refractivity contribution in [3.8, 4) is 0 Å². The fraction of sp³-hybridized carbons (Fsp3) is 0.400. The molecule has 2 aromatic rings. The van der Waals surface area contributed by atoms with E-state index in [9.17, 15) is 0 Å². The van der Waals surface area contributed by atoms with Crippen LogP contribution in [0.15, 0.2) is 36.7 Å². The molecule has 1 heterocycles. The molecule has 0 saturated carbocycles. The molecule has 0 fully saturated rings. The highest BCUT2D eigenvalue weighted by Crippen LogP contribution is 2.36. The van der Waals surface area contributed by atoms with E-state index in [1.807, 2.05) is 42.1 Å². The summed E-state index contributed by atoms with van der Waals surface area (Å²) in [6.07, 6.45) is 5.37. The summed E-state index contributed by atoms with van der Waals surface area (Å²) in [6, 6.07) is 7.77. The Hall–Kier alpha value is -0.700. The maximum Gasteiger partial charge on any atom is 0.108 e. The normalized spacial score (nSPS) is 11.8. The highest BCUT2D eigenvalue weighted by Gasteiger charge is 2.32. The van der Waals surface area contributed by atoms with Crippen molar-refractivity contribution in [2.45, 2.75) is 18.3 Å². The first-order valence-corrected chi connectivity index (χ1v) is 7.91. The maximum atomic E-state index is 6.32. The summed E-state index contributed by atoms with van der Waals surface area (Å²) in [6.45, 7) is 0. The molecule has 0 aliphatic heterocycles. The Labute approximate surface area is 134 Å². The largest absolute Gasteiger partial charge is 0.338 e. The molecule has 0 saturated heterocycles. The smallest absolute Gasteiger partial charge is 0.108 e. The molecule has 0 radical (unpaired) electrons. The lowest BCUT2D eigenvalue weighted by atomic mass is 9.80. The summed E-state index contributed by atoms with van der Waals surface area (Å²) in [7, 11) is 1.99. The van der Waals surface area contributed by atoms with Gasteiger partial charge in [-0.25, -0.2) is 4.98 Å². The van der Waals surface area contributed by atoms with Crippen LogP contribution < -0.4 is 0 Å². The number of rotatable bonds is 6. The average Bonchev–Trinajstić information content (AvgIpc) is 2.87. The third-order valence-corrected chi connectivity index (χ3v) is 5.06. The number of benzene rings is 1. The Morgan fingerprint density at radius 1 is 1.20 bits per heavy atom. The van der Waals surface area contributed by atoms with Crippen LogP contribution in [-0.2, 0) is 18.9 Å². The predicted octanol–water partition coefficient (Wildman–Crippen LogP) is 4.42. The van der Waals surface area contributed by atoms with Crippen LogP contribution in [0, 0.1) is 0 Å². The lowest BCUT2D eigenvalue weighted by Gasteiger charge is -2.31. The van der Waals surface area contributed by atoms with Crippen molar-refractivity contribution in [2.75, 3.05) is 11.8 Å². The minimum absolute atomic E-state index is 0.326. The number of hydrogen-bond acceptors (Lipinski definition) is 1. The summed E-state index contributed by atoms with van der Waals surface area (Å²) in [5.41, 5.74) is 0.689. The zero-order chi connectivity index (χ0) is 14.6. The van der Waals surface area contributed by atoms with Crippen LogP contribution in [0.4, 0.5) is 0 Å². The molecule has 108 valence electrons. The van der Waals surface area contributed by atoms with Crippen LogP contribution in [0.3, 0.4) is 0 Å². The van der Waals surface area contributed by atoms with E-state index in [1.165, 1.54) is 0 Å². The molecular formula is C15H17Cl3N2. The van der Waals surface area contributed by atoms with E-state index >= 15 is 0 Å². The molecule has 2 rings (SSSR count). The van der Waals surface area contributed by atoms with Gasteiger partial charge in [0.15, 0.2) is 0 Å². The van der Waals surface area contributed by atoms with Crippen LogP contribution in [0.25, 0.3) is 0 Å². The Balaban J connectivity index is 2.26. The van der Waals surface area contributed by atoms with Gasteiger partial charge in [-0.3, -0.25) is 0 Å². The van der Waals surface area contributed by atoms with Gasteiger partial charge in [-0.15, -0.1) is 23.2 Å². The van der Waals surface area contributed by atoms with Gasteiger partial charge in [0.25, 0.3) is 0 Å². The van der Waals surface area contributed by atoms with Gasteiger partial charge in [-0.05, 0) is 18.1 Å². The van der Waals surface area contributed by atoms with Crippen LogP contribution in [0.2, 0.25) is 5.02 Å². The van der Waals surface area contributed by atoms with E-state index in [1.54, 1.807) is 6.20 Å². The van der Waals surface area contributed by atoms with Crippen molar-refractivity contribution in [3.05, 3.63) is 53.1 Å². The zero-order valence-electron chi connectivity index (χ0n) is 11.3. The van der Waals surface area contributed by atoms with Gasteiger partial charge in [-0.1, -0.05) is 29.8 Å². The molecule has 20 heavy (non-hydrogen) atoms. The number of halogens is 3. The second-order valence-corrected chi connectivity index (χ2v) is 5.92. The molecule has 0 spiro atoms. The van der Waals surface area contributed by atoms with E-state index in [0.29, 0.717) is 16.8 Å². The second-order valence-electron chi connectivity index (χ2n) is 4.98. The number of hydrogen-bond donors (Lipinski definition) is 0. The van der Waals surface area contributed by atoms with Gasteiger partial charge in [0.05, 0.1) is 0 Å². The monoisotopic (exact) mass is 330 g/mol. The Bertz CT molecular complexity index is 562. The van der Waals surface area contributed by atoms with Gasteiger partial charge in [-0.2, -0.15) is 0 Å². The molecule has 0 bridgehead atoms. The number of nitrogens with zero attached hydrogens (tertiary/aromatic N) is 2. The van der Waals surface area contributed by atoms with Crippen LogP contribution in [0.1, 0.15) is 17.8 Å². The molecule has 5 heteroatoms. The molecule has 0 amide bonds. The van der Waals surface area contributed by atoms with Gasteiger partial charge in [0.1, 0.15) is 5.82 Å². The number of alkyl halides is 2. The molecule has 0 N–H and O–H groups in total. The van der Waals surface area contributed by atoms with Crippen molar-refractivity contribution in [2.24, 2.45) is 7.05 Å². The quantitative estimate of drug-likeness (QED) is 0.716. The molecule has 0 aliphatic rings. The fourth-order valence-electron chi connectivity index (χ4n) is 2.33. The van der Waals surface area contributed by atoms with Gasteiger partial charge in [0, 0.05) is 48.1 Å². The molecule has 0 unspecified atom stereocenters. The minimum atomic E-state index is -0.326. The third kappa shape index (κ3) is 3.13. The summed E-state index contributed by atoms with van der Waals surface area (Å²) in [5.74, 6) is 1.90. The molecule has 0 atom stereocenters. The van der Waals surface area contributed by atoms with E-state index in [-0.39, 0.29) is 5.41 Å². The van der Waals surface area contributed by atoms with E-state index < -0.39 is 0 Å². The van der Waals surface area contributed by atoms with Crippen molar-refractivity contribution in [3.63, 3.8) is 0 Å². The SMILES string of the molecule is Cn1ccnc1CCC(CCl)(CCl)c1ccccc1Cl. The summed E-state index contributed by atoms with van der Waals surface area (Å²) >= 11 is 18.8. The molecule has 2 nitrogen and oxygen atoms in total. The van der Waals surface area contributed by atoms with E-state index in [0.717, 1.165) is 24.2 Å². The number of imidazole rings is 1. The first kappa shape index (κ1) is 15.7. The van der Waals surface area contributed by atoms with Crippen molar-refractivity contribution < 1.29 is 0 Å². The summed E-state index contributed by atoms with van der Waals surface area (Å²) in [4.78, 5) is 4.35. The Morgan fingerprint density at radius 3 is 2.45 bits per heavy atom. The predicted molar refractivity (Wildman–Crippen MR) is 86.1 cm³/mol. The van der Waals surface area contributed by atoms with Crippen molar-refractivity contribution in [1.82, 2.24) is 9.55 Å². The summed E-state index contributed by atoms with van der Waals surface area (Å²) < 4.78 is 2.01. The molecule has 1 aromatic heterocycles. The topological polar surface area (TPSA) is 17.8 Å². The van der Waals surface area contributed by atoms with Crippen molar-refractivity contribution >= 4 is 34.8 Å². The molecule has 0 aliphatic carbocycles. The second kappa shape index (κ2) is 6.84. The van der Waals surface area contributed by atoms with Gasteiger partial charge >= 0.3 is 0 Å². The van der Waals surface area contributed by atoms with Crippen LogP contribution in [-0.4, -0.2) is 21.3 Å². The first-order valence-electron chi connectivity index (χ1n) is 6.46. The number of aryl methyl sites for hydroxylation is 2. The fourth-order valence-corrected chi connectivity index (χ4v) is 3.50. The third-order valence-electron chi connectivity index (χ3n) is 3.70. The first-order chi connectivity index (χ1) is 9.63. The van der Waals surface area contributed by atoms with Crippen LogP contribution in [0.5, 0.6) is 0 Å². The molecule has 1 aromatic carbocycles. The van der Waals surface area contributed by atoms with Crippen molar-refractivity contribution in [1.29, 1.82) is 0 Å². The van der Waals surface area contributed by atoms with Gasteiger partial charge < -0.3 is 4.57 Å². The summed E-state index contributed by atoms with van der Waals surface area (Å²) in [5, 5.41) is 0.716. The lowest BCUT2D eigenvalue weighted by Crippen LogP contribution is -2.32. The Morgan fingerprint density at radius 2 is 1.90 bits per heavy atom. The molecular weight excluding hydrogens is 315 g/mol. The van der Waals surface area contributed by atoms with E-state index in [2.05, 4.69) is 4.98 Å².